The van der Waals surface area contributed by atoms with Crippen molar-refractivity contribution in [1.29, 1.82) is 0 Å². The molecule has 1 saturated heterocycles. The van der Waals surface area contributed by atoms with E-state index in [4.69, 9.17) is 25.3 Å². The van der Waals surface area contributed by atoms with Gasteiger partial charge in [-0.3, -0.25) is 0 Å². The monoisotopic (exact) mass is 443 g/mol. The number of nitrogens with zero attached hydrogens (tertiary/aromatic N) is 1. The molecular formula is C17H13BF3NO7S. The Morgan fingerprint density at radius 3 is 2.30 bits per heavy atom. The highest BCUT2D eigenvalue weighted by Gasteiger charge is 2.48. The number of hydrogen-bond donors (Lipinski definition) is 0. The topological polar surface area (TPSA) is 84.7 Å². The Hall–Kier alpha value is -2.79. The lowest BCUT2D eigenvalue weighted by molar-refractivity contribution is -0.0500. The molecule has 0 aliphatic carbocycles. The fourth-order valence-corrected chi connectivity index (χ4v) is 2.79. The van der Waals surface area contributed by atoms with Crippen LogP contribution in [0.2, 0.25) is 0 Å². The minimum atomic E-state index is -5.88. The fraction of sp³-hybridized carbons (Fsp3) is 0.235. The van der Waals surface area contributed by atoms with Gasteiger partial charge in [0.25, 0.3) is 0 Å². The van der Waals surface area contributed by atoms with Crippen LogP contribution in [0.1, 0.15) is 5.56 Å². The standard InChI is InChI=1S/C17H13BF3NO7S/c1-22-13-2-4-14(5-3-13)28-15-6-7-16(29-30(23,24)17(19,20)21)12(10-15)11-27-18-25-8-9-26-18/h2-7,10H,8-9,11H2. The predicted molar refractivity (Wildman–Crippen MR) is 97.3 cm³/mol. The number of benzene rings is 2. The molecule has 0 unspecified atom stereocenters. The molecule has 158 valence electrons. The molecule has 30 heavy (non-hydrogen) atoms. The molecule has 1 aliphatic rings. The van der Waals surface area contributed by atoms with Crippen LogP contribution in [0.5, 0.6) is 17.2 Å². The molecule has 1 aliphatic heterocycles. The molecule has 1 fully saturated rings. The van der Waals surface area contributed by atoms with E-state index in [1.165, 1.54) is 36.4 Å². The van der Waals surface area contributed by atoms with E-state index in [1.807, 2.05) is 0 Å². The van der Waals surface area contributed by atoms with Gasteiger partial charge >= 0.3 is 22.9 Å². The van der Waals surface area contributed by atoms with E-state index in [0.717, 1.165) is 6.07 Å². The van der Waals surface area contributed by atoms with Crippen LogP contribution in [0, 0.1) is 6.57 Å². The van der Waals surface area contributed by atoms with Crippen LogP contribution >= 0.6 is 0 Å². The van der Waals surface area contributed by atoms with Gasteiger partial charge in [0.1, 0.15) is 17.2 Å². The summed E-state index contributed by atoms with van der Waals surface area (Å²) in [5.74, 6) is -0.0523. The summed E-state index contributed by atoms with van der Waals surface area (Å²) in [6.07, 6.45) is 0. The van der Waals surface area contributed by atoms with Gasteiger partial charge in [0.05, 0.1) is 26.4 Å². The Labute approximate surface area is 170 Å². The SMILES string of the molecule is [C-]#[N+]c1ccc(Oc2ccc(OS(=O)(=O)C(F)(F)F)c(COB3OCCO3)c2)cc1. The third-order valence-corrected chi connectivity index (χ3v) is 4.65. The molecule has 0 atom stereocenters. The Balaban J connectivity index is 1.84. The smallest absolute Gasteiger partial charge is 0.457 e. The van der Waals surface area contributed by atoms with E-state index >= 15 is 0 Å². The second-order valence-electron chi connectivity index (χ2n) is 5.80. The summed E-state index contributed by atoms with van der Waals surface area (Å²) in [4.78, 5) is 3.25. The van der Waals surface area contributed by atoms with E-state index in [-0.39, 0.29) is 31.1 Å². The summed E-state index contributed by atoms with van der Waals surface area (Å²) in [7, 11) is -6.92. The van der Waals surface area contributed by atoms with Gasteiger partial charge in [-0.1, -0.05) is 12.1 Å². The first-order valence-corrected chi connectivity index (χ1v) is 9.72. The molecule has 0 bridgehead atoms. The van der Waals surface area contributed by atoms with Crippen molar-refractivity contribution in [2.75, 3.05) is 13.2 Å². The molecule has 0 saturated carbocycles. The first kappa shape index (κ1) is 21.9. The lowest BCUT2D eigenvalue weighted by Crippen LogP contribution is -2.28. The van der Waals surface area contributed by atoms with Gasteiger partial charge in [-0.2, -0.15) is 21.6 Å². The molecule has 0 spiro atoms. The number of rotatable bonds is 7. The highest BCUT2D eigenvalue weighted by molar-refractivity contribution is 7.88. The second-order valence-corrected chi connectivity index (χ2v) is 7.34. The maximum absolute atomic E-state index is 12.7. The lowest BCUT2D eigenvalue weighted by Gasteiger charge is -2.15. The molecule has 2 aromatic carbocycles. The number of hydrogen-bond acceptors (Lipinski definition) is 7. The Kier molecular flexibility index (Phi) is 6.52. The first-order valence-electron chi connectivity index (χ1n) is 8.32. The van der Waals surface area contributed by atoms with E-state index in [0.29, 0.717) is 11.4 Å². The highest BCUT2D eigenvalue weighted by atomic mass is 32.2. The quantitative estimate of drug-likeness (QED) is 0.279. The zero-order valence-corrected chi connectivity index (χ0v) is 15.9. The fourth-order valence-electron chi connectivity index (χ4n) is 2.29. The molecule has 0 aromatic heterocycles. The molecule has 0 N–H and O–H groups in total. The van der Waals surface area contributed by atoms with Crippen LogP contribution in [-0.4, -0.2) is 34.5 Å². The van der Waals surface area contributed by atoms with Gasteiger partial charge in [0, 0.05) is 5.56 Å². The summed E-state index contributed by atoms with van der Waals surface area (Å²) >= 11 is 0. The van der Waals surface area contributed by atoms with Crippen LogP contribution in [-0.2, 0) is 30.7 Å². The van der Waals surface area contributed by atoms with Crippen LogP contribution in [0.15, 0.2) is 42.5 Å². The average Bonchev–Trinajstić information content (AvgIpc) is 3.21. The summed E-state index contributed by atoms with van der Waals surface area (Å²) in [6.45, 7) is 7.11. The van der Waals surface area contributed by atoms with Crippen molar-refractivity contribution < 1.29 is 44.5 Å². The van der Waals surface area contributed by atoms with Crippen molar-refractivity contribution in [3.05, 3.63) is 59.4 Å². The van der Waals surface area contributed by atoms with Crippen molar-refractivity contribution in [2.45, 2.75) is 12.1 Å². The third-order valence-electron chi connectivity index (χ3n) is 3.68. The van der Waals surface area contributed by atoms with Crippen LogP contribution in [0.4, 0.5) is 18.9 Å². The number of halogens is 3. The maximum Gasteiger partial charge on any atom is 0.639 e. The summed E-state index contributed by atoms with van der Waals surface area (Å²) in [5, 5.41) is 0. The van der Waals surface area contributed by atoms with Crippen LogP contribution < -0.4 is 8.92 Å². The zero-order chi connectivity index (χ0) is 21.8. The van der Waals surface area contributed by atoms with Gasteiger partial charge in [0.15, 0.2) is 5.69 Å². The minimum absolute atomic E-state index is 0.0443. The third kappa shape index (κ3) is 5.42. The largest absolute Gasteiger partial charge is 0.639 e. The summed E-state index contributed by atoms with van der Waals surface area (Å²) in [6, 6.07) is 9.61. The molecule has 2 aromatic rings. The van der Waals surface area contributed by atoms with E-state index in [1.54, 1.807) is 0 Å². The van der Waals surface area contributed by atoms with Crippen molar-refractivity contribution >= 4 is 23.1 Å². The second kappa shape index (κ2) is 8.92. The number of ether oxygens (including phenoxy) is 1. The van der Waals surface area contributed by atoms with E-state index in [9.17, 15) is 21.6 Å². The summed E-state index contributed by atoms with van der Waals surface area (Å²) < 4.78 is 86.1. The molecule has 0 radical (unpaired) electrons. The van der Waals surface area contributed by atoms with Crippen LogP contribution in [0.25, 0.3) is 4.85 Å². The Morgan fingerprint density at radius 1 is 1.07 bits per heavy atom. The minimum Gasteiger partial charge on any atom is -0.457 e. The maximum atomic E-state index is 12.7. The molecule has 13 heteroatoms. The van der Waals surface area contributed by atoms with Crippen LogP contribution in [0.3, 0.4) is 0 Å². The first-order chi connectivity index (χ1) is 14.2. The van der Waals surface area contributed by atoms with Gasteiger partial charge in [-0.15, -0.1) is 0 Å². The highest BCUT2D eigenvalue weighted by Crippen LogP contribution is 2.33. The normalized spacial score (nSPS) is 14.4. The molecule has 3 rings (SSSR count). The molecule has 8 nitrogen and oxygen atoms in total. The Morgan fingerprint density at radius 2 is 1.70 bits per heavy atom. The van der Waals surface area contributed by atoms with Crippen molar-refractivity contribution in [3.8, 4) is 17.2 Å². The summed E-state index contributed by atoms with van der Waals surface area (Å²) in [5.41, 5.74) is -5.24. The van der Waals surface area contributed by atoms with E-state index in [2.05, 4.69) is 9.03 Å². The van der Waals surface area contributed by atoms with Gasteiger partial charge in [-0.25, -0.2) is 4.85 Å². The molecule has 1 heterocycles. The lowest BCUT2D eigenvalue weighted by atomic mass is 10.1. The number of alkyl halides is 3. The van der Waals surface area contributed by atoms with Crippen molar-refractivity contribution in [2.24, 2.45) is 0 Å². The Bertz CT molecular complexity index is 1030. The van der Waals surface area contributed by atoms with Gasteiger partial charge < -0.3 is 22.9 Å². The van der Waals surface area contributed by atoms with Crippen molar-refractivity contribution in [1.82, 2.24) is 0 Å². The average molecular weight is 443 g/mol. The predicted octanol–water partition coefficient (Wildman–Crippen LogP) is 3.81. The van der Waals surface area contributed by atoms with Gasteiger partial charge in [0.2, 0.25) is 0 Å². The van der Waals surface area contributed by atoms with Crippen molar-refractivity contribution in [3.63, 3.8) is 0 Å². The molecular weight excluding hydrogens is 430 g/mol. The molecule has 0 amide bonds. The van der Waals surface area contributed by atoms with Gasteiger partial charge in [-0.05, 0) is 30.3 Å². The zero-order valence-electron chi connectivity index (χ0n) is 15.1. The van der Waals surface area contributed by atoms with E-state index < -0.39 is 28.7 Å².